The van der Waals surface area contributed by atoms with Crippen molar-refractivity contribution < 1.29 is 4.74 Å². The molecule has 0 saturated carbocycles. The van der Waals surface area contributed by atoms with Crippen LogP contribution < -0.4 is 0 Å². The van der Waals surface area contributed by atoms with E-state index >= 15 is 0 Å². The molecule has 1 aliphatic rings. The molecule has 78 valence electrons. The van der Waals surface area contributed by atoms with Crippen molar-refractivity contribution in [3.8, 4) is 0 Å². The smallest absolute Gasteiger partial charge is 0.0669 e. The Bertz CT molecular complexity index is 127. The maximum absolute atomic E-state index is 5.88. The maximum atomic E-state index is 5.88. The normalized spacial score (nSPS) is 28.2. The average molecular weight is 296 g/mol. The fourth-order valence-electron chi connectivity index (χ4n) is 1.90. The number of ether oxygens (including phenoxy) is 1. The van der Waals surface area contributed by atoms with E-state index in [9.17, 15) is 0 Å². The van der Waals surface area contributed by atoms with Crippen LogP contribution in [-0.2, 0) is 4.74 Å². The first kappa shape index (κ1) is 11.8. The van der Waals surface area contributed by atoms with Crippen LogP contribution >= 0.6 is 22.6 Å². The lowest BCUT2D eigenvalue weighted by Gasteiger charge is -2.11. The fraction of sp³-hybridized carbons (Fsp3) is 1.00. The summed E-state index contributed by atoms with van der Waals surface area (Å²) >= 11 is 2.43. The van der Waals surface area contributed by atoms with Gasteiger partial charge < -0.3 is 4.74 Å². The summed E-state index contributed by atoms with van der Waals surface area (Å²) in [6.45, 7) is 2.26. The van der Waals surface area contributed by atoms with E-state index in [2.05, 4.69) is 29.5 Å². The van der Waals surface area contributed by atoms with E-state index < -0.39 is 0 Å². The molecule has 1 heterocycles. The van der Waals surface area contributed by atoms with Gasteiger partial charge in [0.05, 0.1) is 12.2 Å². The zero-order chi connectivity index (χ0) is 9.52. The molecule has 1 nitrogen and oxygen atoms in total. The molecule has 2 atom stereocenters. The topological polar surface area (TPSA) is 9.23 Å². The van der Waals surface area contributed by atoms with Crippen LogP contribution in [0.2, 0.25) is 0 Å². The molecule has 13 heavy (non-hydrogen) atoms. The SMILES string of the molecule is CCCCCC[C@H]1CC[C@H](CI)O1. The summed E-state index contributed by atoms with van der Waals surface area (Å²) < 4.78 is 7.05. The van der Waals surface area contributed by atoms with E-state index in [0.717, 1.165) is 0 Å². The van der Waals surface area contributed by atoms with Crippen molar-refractivity contribution in [1.29, 1.82) is 0 Å². The summed E-state index contributed by atoms with van der Waals surface area (Å²) in [7, 11) is 0. The standard InChI is InChI=1S/C11H21IO/c1-2-3-4-5-6-10-7-8-11(9-12)13-10/h10-11H,2-9H2,1H3/t10-,11+/m0/s1. The number of alkyl halides is 1. The molecule has 1 saturated heterocycles. The van der Waals surface area contributed by atoms with Crippen molar-refractivity contribution in [1.82, 2.24) is 0 Å². The molecule has 0 aromatic carbocycles. The molecule has 0 spiro atoms. The lowest BCUT2D eigenvalue weighted by molar-refractivity contribution is 0.0534. The van der Waals surface area contributed by atoms with Crippen LogP contribution in [0.4, 0.5) is 0 Å². The van der Waals surface area contributed by atoms with E-state index in [1.165, 1.54) is 49.4 Å². The largest absolute Gasteiger partial charge is 0.374 e. The molecule has 1 rings (SSSR count). The predicted molar refractivity (Wildman–Crippen MR) is 65.5 cm³/mol. The van der Waals surface area contributed by atoms with Gasteiger partial charge in [0.1, 0.15) is 0 Å². The second-order valence-corrected chi connectivity index (χ2v) is 4.84. The monoisotopic (exact) mass is 296 g/mol. The van der Waals surface area contributed by atoms with Crippen LogP contribution in [0, 0.1) is 0 Å². The van der Waals surface area contributed by atoms with Gasteiger partial charge in [-0.25, -0.2) is 0 Å². The number of rotatable bonds is 6. The van der Waals surface area contributed by atoms with Crippen LogP contribution in [0.3, 0.4) is 0 Å². The molecular weight excluding hydrogens is 275 g/mol. The molecule has 0 aliphatic carbocycles. The molecule has 1 aliphatic heterocycles. The van der Waals surface area contributed by atoms with E-state index in [1.807, 2.05) is 0 Å². The van der Waals surface area contributed by atoms with Crippen LogP contribution in [0.1, 0.15) is 51.9 Å². The van der Waals surface area contributed by atoms with Crippen LogP contribution in [0.5, 0.6) is 0 Å². The van der Waals surface area contributed by atoms with Gasteiger partial charge in [-0.15, -0.1) is 0 Å². The van der Waals surface area contributed by atoms with Gasteiger partial charge in [-0.05, 0) is 19.3 Å². The fourth-order valence-corrected chi connectivity index (χ4v) is 2.55. The van der Waals surface area contributed by atoms with Crippen molar-refractivity contribution >= 4 is 22.6 Å². The number of hydrogen-bond donors (Lipinski definition) is 0. The van der Waals surface area contributed by atoms with Crippen molar-refractivity contribution in [3.63, 3.8) is 0 Å². The molecule has 0 amide bonds. The van der Waals surface area contributed by atoms with Gasteiger partial charge in [0.2, 0.25) is 0 Å². The summed E-state index contributed by atoms with van der Waals surface area (Å²) in [6, 6.07) is 0. The lowest BCUT2D eigenvalue weighted by atomic mass is 10.1. The third kappa shape index (κ3) is 4.63. The van der Waals surface area contributed by atoms with Crippen molar-refractivity contribution in [2.75, 3.05) is 4.43 Å². The van der Waals surface area contributed by atoms with Crippen molar-refractivity contribution in [2.24, 2.45) is 0 Å². The van der Waals surface area contributed by atoms with E-state index in [4.69, 9.17) is 4.74 Å². The zero-order valence-electron chi connectivity index (χ0n) is 8.60. The van der Waals surface area contributed by atoms with Crippen molar-refractivity contribution in [2.45, 2.75) is 64.1 Å². The van der Waals surface area contributed by atoms with Gasteiger partial charge in [0.15, 0.2) is 0 Å². The summed E-state index contributed by atoms with van der Waals surface area (Å²) in [4.78, 5) is 0. The summed E-state index contributed by atoms with van der Waals surface area (Å²) in [6.07, 6.45) is 10.5. The Labute approximate surface area is 95.8 Å². The summed E-state index contributed by atoms with van der Waals surface area (Å²) in [5.74, 6) is 0. The number of hydrogen-bond acceptors (Lipinski definition) is 1. The van der Waals surface area contributed by atoms with Gasteiger partial charge in [0.25, 0.3) is 0 Å². The molecule has 0 aromatic rings. The minimum absolute atomic E-state index is 0.566. The Balaban J connectivity index is 1.97. The Morgan fingerprint density at radius 1 is 1.15 bits per heavy atom. The van der Waals surface area contributed by atoms with Crippen LogP contribution in [0.25, 0.3) is 0 Å². The second kappa shape index (κ2) is 7.04. The Morgan fingerprint density at radius 3 is 2.54 bits per heavy atom. The maximum Gasteiger partial charge on any atom is 0.0669 e. The minimum atomic E-state index is 0.566. The van der Waals surface area contributed by atoms with Gasteiger partial charge in [-0.1, -0.05) is 55.2 Å². The predicted octanol–water partition coefficient (Wildman–Crippen LogP) is 3.94. The van der Waals surface area contributed by atoms with Crippen LogP contribution in [-0.4, -0.2) is 16.6 Å². The second-order valence-electron chi connectivity index (χ2n) is 3.96. The third-order valence-corrected chi connectivity index (χ3v) is 3.73. The van der Waals surface area contributed by atoms with E-state index in [0.29, 0.717) is 12.2 Å². The zero-order valence-corrected chi connectivity index (χ0v) is 10.8. The first-order valence-corrected chi connectivity index (χ1v) is 7.10. The molecule has 0 unspecified atom stereocenters. The van der Waals surface area contributed by atoms with E-state index in [1.54, 1.807) is 0 Å². The van der Waals surface area contributed by atoms with Gasteiger partial charge in [-0.2, -0.15) is 0 Å². The Kier molecular flexibility index (Phi) is 6.37. The Hall–Kier alpha value is 0.690. The van der Waals surface area contributed by atoms with Crippen molar-refractivity contribution in [3.05, 3.63) is 0 Å². The highest BCUT2D eigenvalue weighted by atomic mass is 127. The third-order valence-electron chi connectivity index (χ3n) is 2.75. The summed E-state index contributed by atoms with van der Waals surface area (Å²) in [5.41, 5.74) is 0. The minimum Gasteiger partial charge on any atom is -0.374 e. The number of unbranched alkanes of at least 4 members (excludes halogenated alkanes) is 3. The van der Waals surface area contributed by atoms with Gasteiger partial charge in [-0.3, -0.25) is 0 Å². The molecule has 0 aromatic heterocycles. The number of halogens is 1. The molecule has 1 fully saturated rings. The first-order chi connectivity index (χ1) is 6.36. The molecule has 0 radical (unpaired) electrons. The first-order valence-electron chi connectivity index (χ1n) is 5.58. The molecule has 0 N–H and O–H groups in total. The highest BCUT2D eigenvalue weighted by Crippen LogP contribution is 2.24. The Morgan fingerprint density at radius 2 is 1.92 bits per heavy atom. The molecular formula is C11H21IO. The lowest BCUT2D eigenvalue weighted by Crippen LogP contribution is -2.11. The molecule has 2 heteroatoms. The quantitative estimate of drug-likeness (QED) is 0.410. The average Bonchev–Trinajstić information content (AvgIpc) is 2.60. The molecule has 0 bridgehead atoms. The van der Waals surface area contributed by atoms with Gasteiger partial charge in [0, 0.05) is 4.43 Å². The summed E-state index contributed by atoms with van der Waals surface area (Å²) in [5, 5.41) is 0. The van der Waals surface area contributed by atoms with Crippen LogP contribution in [0.15, 0.2) is 0 Å². The highest BCUT2D eigenvalue weighted by Gasteiger charge is 2.23. The van der Waals surface area contributed by atoms with E-state index in [-0.39, 0.29) is 0 Å². The van der Waals surface area contributed by atoms with Gasteiger partial charge >= 0.3 is 0 Å². The highest BCUT2D eigenvalue weighted by molar-refractivity contribution is 14.1.